The molecule has 0 aliphatic carbocycles. The van der Waals surface area contributed by atoms with Crippen LogP contribution in [0.1, 0.15) is 19.4 Å². The van der Waals surface area contributed by atoms with Crippen molar-refractivity contribution in [1.29, 1.82) is 0 Å². The van der Waals surface area contributed by atoms with Gasteiger partial charge in [-0.15, -0.1) is 0 Å². The fraction of sp³-hybridized carbons (Fsp3) is 0.333. The molecule has 0 saturated carbocycles. The summed E-state index contributed by atoms with van der Waals surface area (Å²) in [5.41, 5.74) is 2.10. The Morgan fingerprint density at radius 2 is 2.19 bits per heavy atom. The van der Waals surface area contributed by atoms with Gasteiger partial charge in [0.25, 0.3) is 0 Å². The smallest absolute Gasteiger partial charge is 0.0771 e. The van der Waals surface area contributed by atoms with Gasteiger partial charge in [-0.05, 0) is 17.7 Å². The van der Waals surface area contributed by atoms with E-state index in [1.54, 1.807) is 0 Å². The van der Waals surface area contributed by atoms with Crippen molar-refractivity contribution < 1.29 is 4.84 Å². The van der Waals surface area contributed by atoms with Crippen molar-refractivity contribution >= 4 is 22.5 Å². The molecule has 1 aromatic carbocycles. The summed E-state index contributed by atoms with van der Waals surface area (Å²) >= 11 is 5.94. The second-order valence-corrected chi connectivity index (χ2v) is 5.02. The largest absolute Gasteiger partial charge is 0.361 e. The lowest BCUT2D eigenvalue weighted by molar-refractivity contribution is 0.0969. The van der Waals surface area contributed by atoms with E-state index in [1.807, 2.05) is 24.4 Å². The van der Waals surface area contributed by atoms with Gasteiger partial charge in [-0.2, -0.15) is 0 Å². The predicted molar refractivity (Wildman–Crippen MR) is 66.5 cm³/mol. The van der Waals surface area contributed by atoms with Crippen LogP contribution in [0.3, 0.4) is 0 Å². The third-order valence-corrected chi connectivity index (χ3v) is 3.05. The molecule has 3 nitrogen and oxygen atoms in total. The number of hydrogen-bond acceptors (Lipinski definition) is 2. The Labute approximate surface area is 99.5 Å². The van der Waals surface area contributed by atoms with Crippen LogP contribution >= 0.6 is 11.6 Å². The molecule has 4 heteroatoms. The van der Waals surface area contributed by atoms with Crippen LogP contribution in [0.15, 0.2) is 24.4 Å². The second kappa shape index (κ2) is 4.09. The first-order chi connectivity index (χ1) is 7.54. The van der Waals surface area contributed by atoms with E-state index in [9.17, 15) is 0 Å². The molecule has 0 radical (unpaired) electrons. The molecule has 0 aliphatic rings. The van der Waals surface area contributed by atoms with Crippen LogP contribution in [-0.4, -0.2) is 11.6 Å². The molecule has 0 amide bonds. The maximum atomic E-state index is 5.94. The molecule has 0 spiro atoms. The average molecular weight is 239 g/mol. The summed E-state index contributed by atoms with van der Waals surface area (Å²) in [6.07, 6.45) is 1.99. The highest BCUT2D eigenvalue weighted by molar-refractivity contribution is 6.31. The van der Waals surface area contributed by atoms with Gasteiger partial charge in [0.05, 0.1) is 6.61 Å². The molecule has 1 heterocycles. The highest BCUT2D eigenvalue weighted by Crippen LogP contribution is 2.31. The van der Waals surface area contributed by atoms with Crippen molar-refractivity contribution in [3.8, 4) is 0 Å². The summed E-state index contributed by atoms with van der Waals surface area (Å²) in [5, 5.41) is 1.89. The molecule has 0 fully saturated rings. The highest BCUT2D eigenvalue weighted by atomic mass is 35.5. The minimum Gasteiger partial charge on any atom is -0.361 e. The zero-order chi connectivity index (χ0) is 11.8. The minimum atomic E-state index is -0.124. The number of nitrogens with two attached hydrogens (primary N) is 1. The SMILES string of the molecule is CC(C)(CON)c1c[nH]c2cc(Cl)ccc12. The van der Waals surface area contributed by atoms with Crippen molar-refractivity contribution in [2.45, 2.75) is 19.3 Å². The Bertz CT molecular complexity index is 505. The van der Waals surface area contributed by atoms with Gasteiger partial charge in [-0.1, -0.05) is 31.5 Å². The molecular weight excluding hydrogens is 224 g/mol. The van der Waals surface area contributed by atoms with Gasteiger partial charge in [0.1, 0.15) is 0 Å². The van der Waals surface area contributed by atoms with Gasteiger partial charge in [-0.25, -0.2) is 5.90 Å². The Morgan fingerprint density at radius 3 is 2.88 bits per heavy atom. The molecule has 0 aliphatic heterocycles. The highest BCUT2D eigenvalue weighted by Gasteiger charge is 2.24. The van der Waals surface area contributed by atoms with Gasteiger partial charge in [0.15, 0.2) is 0 Å². The van der Waals surface area contributed by atoms with E-state index in [1.165, 1.54) is 5.56 Å². The number of halogens is 1. The Balaban J connectivity index is 2.53. The van der Waals surface area contributed by atoms with Crippen LogP contribution in [0, 0.1) is 0 Å². The van der Waals surface area contributed by atoms with Gasteiger partial charge in [-0.3, -0.25) is 0 Å². The predicted octanol–water partition coefficient (Wildman–Crippen LogP) is 2.99. The zero-order valence-electron chi connectivity index (χ0n) is 9.38. The quantitative estimate of drug-likeness (QED) is 0.808. The van der Waals surface area contributed by atoms with Gasteiger partial charge < -0.3 is 9.82 Å². The van der Waals surface area contributed by atoms with E-state index in [4.69, 9.17) is 22.3 Å². The molecule has 86 valence electrons. The monoisotopic (exact) mass is 238 g/mol. The minimum absolute atomic E-state index is 0.124. The standard InChI is InChI=1S/C12H15ClN2O/c1-12(2,7-16-14)10-6-15-11-5-8(13)3-4-9(10)11/h3-6,15H,7,14H2,1-2H3. The first-order valence-electron chi connectivity index (χ1n) is 5.13. The number of benzene rings is 1. The number of aromatic nitrogens is 1. The van der Waals surface area contributed by atoms with Crippen LogP contribution in [-0.2, 0) is 10.3 Å². The molecular formula is C12H15ClN2O. The summed E-state index contributed by atoms with van der Waals surface area (Å²) in [6, 6.07) is 5.82. The Morgan fingerprint density at radius 1 is 1.44 bits per heavy atom. The molecule has 2 rings (SSSR count). The van der Waals surface area contributed by atoms with Crippen molar-refractivity contribution in [3.05, 3.63) is 35.0 Å². The lowest BCUT2D eigenvalue weighted by Crippen LogP contribution is -2.25. The first-order valence-corrected chi connectivity index (χ1v) is 5.51. The van der Waals surface area contributed by atoms with Gasteiger partial charge in [0.2, 0.25) is 0 Å². The van der Waals surface area contributed by atoms with Crippen LogP contribution < -0.4 is 5.90 Å². The van der Waals surface area contributed by atoms with Crippen LogP contribution in [0.2, 0.25) is 5.02 Å². The van der Waals surface area contributed by atoms with Gasteiger partial charge >= 0.3 is 0 Å². The molecule has 1 aromatic heterocycles. The maximum absolute atomic E-state index is 5.94. The van der Waals surface area contributed by atoms with E-state index in [0.29, 0.717) is 6.61 Å². The fourth-order valence-corrected chi connectivity index (χ4v) is 2.12. The number of hydrogen-bond donors (Lipinski definition) is 2. The molecule has 3 N–H and O–H groups in total. The van der Waals surface area contributed by atoms with E-state index < -0.39 is 0 Å². The van der Waals surface area contributed by atoms with Gasteiger partial charge in [0, 0.05) is 27.5 Å². The lowest BCUT2D eigenvalue weighted by Gasteiger charge is -2.22. The number of aromatic amines is 1. The topological polar surface area (TPSA) is 51.0 Å². The molecule has 2 aromatic rings. The van der Waals surface area contributed by atoms with E-state index in [0.717, 1.165) is 15.9 Å². The number of nitrogens with one attached hydrogen (secondary N) is 1. The first kappa shape index (κ1) is 11.5. The Hall–Kier alpha value is -1.03. The Kier molecular flexibility index (Phi) is 2.93. The lowest BCUT2D eigenvalue weighted by atomic mass is 9.85. The second-order valence-electron chi connectivity index (χ2n) is 4.59. The number of fused-ring (bicyclic) bond motifs is 1. The summed E-state index contributed by atoms with van der Waals surface area (Å²) in [6.45, 7) is 4.66. The van der Waals surface area contributed by atoms with Crippen LogP contribution in [0.4, 0.5) is 0 Å². The van der Waals surface area contributed by atoms with E-state index >= 15 is 0 Å². The van der Waals surface area contributed by atoms with Crippen LogP contribution in [0.5, 0.6) is 0 Å². The zero-order valence-corrected chi connectivity index (χ0v) is 10.1. The average Bonchev–Trinajstić information content (AvgIpc) is 2.60. The number of rotatable bonds is 3. The van der Waals surface area contributed by atoms with Crippen molar-refractivity contribution in [2.75, 3.05) is 6.61 Å². The van der Waals surface area contributed by atoms with E-state index in [2.05, 4.69) is 18.8 Å². The van der Waals surface area contributed by atoms with Crippen LogP contribution in [0.25, 0.3) is 10.9 Å². The van der Waals surface area contributed by atoms with Crippen molar-refractivity contribution in [1.82, 2.24) is 4.98 Å². The third kappa shape index (κ3) is 1.94. The maximum Gasteiger partial charge on any atom is 0.0771 e. The summed E-state index contributed by atoms with van der Waals surface area (Å²) in [4.78, 5) is 7.98. The molecule has 0 atom stereocenters. The van der Waals surface area contributed by atoms with Crippen molar-refractivity contribution in [2.24, 2.45) is 5.90 Å². The number of H-pyrrole nitrogens is 1. The molecule has 0 bridgehead atoms. The van der Waals surface area contributed by atoms with Crippen molar-refractivity contribution in [3.63, 3.8) is 0 Å². The third-order valence-electron chi connectivity index (χ3n) is 2.82. The summed E-state index contributed by atoms with van der Waals surface area (Å²) < 4.78 is 0. The van der Waals surface area contributed by atoms with E-state index in [-0.39, 0.29) is 5.41 Å². The molecule has 0 unspecified atom stereocenters. The summed E-state index contributed by atoms with van der Waals surface area (Å²) in [7, 11) is 0. The fourth-order valence-electron chi connectivity index (χ4n) is 1.94. The molecule has 0 saturated heterocycles. The normalized spacial score (nSPS) is 12.2. The molecule has 16 heavy (non-hydrogen) atoms. The summed E-state index contributed by atoms with van der Waals surface area (Å²) in [5.74, 6) is 5.16.